The number of nitrogens with zero attached hydrogens (tertiary/aromatic N) is 1. The van der Waals surface area contributed by atoms with Gasteiger partial charge in [-0.3, -0.25) is 4.98 Å². The standard InChI is InChI=1S/C21H15N3O6S/c25-20(15-4-2-1-3-5-15)29-16-8-6-14(7-9-16)13-22-24-31(27,28)17-10-11-18-19(12-17)30-21(26)23-18/h1-13,24H,(H,23,26)/b22-13+. The lowest BCUT2D eigenvalue weighted by Gasteiger charge is -2.05. The van der Waals surface area contributed by atoms with Gasteiger partial charge in [-0.15, -0.1) is 0 Å². The molecule has 0 aliphatic carbocycles. The van der Waals surface area contributed by atoms with Crippen LogP contribution in [0.15, 0.2) is 92.0 Å². The summed E-state index contributed by atoms with van der Waals surface area (Å²) in [5, 5.41) is 3.74. The molecule has 0 aliphatic heterocycles. The number of benzene rings is 3. The van der Waals surface area contributed by atoms with Crippen molar-refractivity contribution in [3.05, 3.63) is 94.5 Å². The molecule has 10 heteroatoms. The van der Waals surface area contributed by atoms with Crippen molar-refractivity contribution in [2.45, 2.75) is 4.90 Å². The number of hydrogen-bond acceptors (Lipinski definition) is 7. The Labute approximate surface area is 176 Å². The number of aromatic amines is 1. The molecule has 3 aromatic carbocycles. The van der Waals surface area contributed by atoms with Crippen molar-refractivity contribution in [3.63, 3.8) is 0 Å². The first kappa shape index (κ1) is 20.1. The van der Waals surface area contributed by atoms with E-state index in [-0.39, 0.29) is 10.5 Å². The second-order valence-electron chi connectivity index (χ2n) is 6.35. The predicted molar refractivity (Wildman–Crippen MR) is 113 cm³/mol. The zero-order valence-electron chi connectivity index (χ0n) is 15.8. The molecule has 1 aromatic heterocycles. The Bertz CT molecular complexity index is 1420. The highest BCUT2D eigenvalue weighted by Gasteiger charge is 2.15. The molecule has 0 spiro atoms. The van der Waals surface area contributed by atoms with Gasteiger partial charge in [-0.05, 0) is 54.1 Å². The average molecular weight is 437 g/mol. The fourth-order valence-corrected chi connectivity index (χ4v) is 3.48. The van der Waals surface area contributed by atoms with Crippen LogP contribution in [0, 0.1) is 0 Å². The molecule has 0 saturated carbocycles. The van der Waals surface area contributed by atoms with Gasteiger partial charge in [0.15, 0.2) is 5.58 Å². The average Bonchev–Trinajstić information content (AvgIpc) is 3.14. The van der Waals surface area contributed by atoms with E-state index in [1.165, 1.54) is 24.4 Å². The fourth-order valence-electron chi connectivity index (χ4n) is 2.68. The smallest absolute Gasteiger partial charge is 0.417 e. The molecule has 0 aliphatic rings. The number of rotatable bonds is 6. The summed E-state index contributed by atoms with van der Waals surface area (Å²) in [7, 11) is -3.96. The van der Waals surface area contributed by atoms with Crippen LogP contribution in [0.3, 0.4) is 0 Å². The van der Waals surface area contributed by atoms with Gasteiger partial charge >= 0.3 is 11.7 Å². The van der Waals surface area contributed by atoms with Gasteiger partial charge in [0.05, 0.1) is 22.2 Å². The molecule has 0 bridgehead atoms. The van der Waals surface area contributed by atoms with E-state index in [0.29, 0.717) is 22.4 Å². The van der Waals surface area contributed by atoms with Gasteiger partial charge in [0.1, 0.15) is 5.75 Å². The summed E-state index contributed by atoms with van der Waals surface area (Å²) in [6.07, 6.45) is 1.30. The molecule has 1 heterocycles. The van der Waals surface area contributed by atoms with Crippen molar-refractivity contribution in [1.82, 2.24) is 9.82 Å². The third-order valence-corrected chi connectivity index (χ3v) is 5.41. The van der Waals surface area contributed by atoms with Gasteiger partial charge in [0.25, 0.3) is 10.0 Å². The van der Waals surface area contributed by atoms with Gasteiger partial charge < -0.3 is 9.15 Å². The molecule has 0 atom stereocenters. The van der Waals surface area contributed by atoms with Gasteiger partial charge in [-0.2, -0.15) is 13.5 Å². The highest BCUT2D eigenvalue weighted by molar-refractivity contribution is 7.89. The first-order valence-corrected chi connectivity index (χ1v) is 10.4. The third kappa shape index (κ3) is 4.70. The van der Waals surface area contributed by atoms with E-state index >= 15 is 0 Å². The zero-order chi connectivity index (χ0) is 21.8. The van der Waals surface area contributed by atoms with E-state index in [9.17, 15) is 18.0 Å². The molecular formula is C21H15N3O6S. The summed E-state index contributed by atoms with van der Waals surface area (Å²) in [6, 6.07) is 18.9. The largest absolute Gasteiger partial charge is 0.423 e. The number of fused-ring (bicyclic) bond motifs is 1. The number of oxazole rings is 1. The minimum atomic E-state index is -3.96. The highest BCUT2D eigenvalue weighted by Crippen LogP contribution is 2.17. The van der Waals surface area contributed by atoms with Crippen LogP contribution in [0.2, 0.25) is 0 Å². The van der Waals surface area contributed by atoms with E-state index in [0.717, 1.165) is 0 Å². The number of ether oxygens (including phenoxy) is 1. The first-order valence-electron chi connectivity index (χ1n) is 8.96. The molecule has 0 unspecified atom stereocenters. The quantitative estimate of drug-likeness (QED) is 0.206. The molecule has 9 nitrogen and oxygen atoms in total. The van der Waals surface area contributed by atoms with E-state index in [1.807, 2.05) is 0 Å². The Morgan fingerprint density at radius 1 is 1.03 bits per heavy atom. The molecule has 31 heavy (non-hydrogen) atoms. The number of carbonyl (C=O) groups excluding carboxylic acids is 1. The normalized spacial score (nSPS) is 11.6. The maximum atomic E-state index is 12.4. The number of esters is 1. The second kappa shape index (κ2) is 8.28. The van der Waals surface area contributed by atoms with Crippen molar-refractivity contribution in [2.24, 2.45) is 5.10 Å². The Morgan fingerprint density at radius 2 is 1.77 bits per heavy atom. The van der Waals surface area contributed by atoms with Crippen molar-refractivity contribution in [2.75, 3.05) is 0 Å². The number of sulfonamides is 1. The van der Waals surface area contributed by atoms with Crippen molar-refractivity contribution in [1.29, 1.82) is 0 Å². The monoisotopic (exact) mass is 437 g/mol. The van der Waals surface area contributed by atoms with Gasteiger partial charge in [-0.25, -0.2) is 14.4 Å². The van der Waals surface area contributed by atoms with Crippen LogP contribution < -0.4 is 15.3 Å². The molecule has 0 amide bonds. The Hall–Kier alpha value is -4.18. The maximum absolute atomic E-state index is 12.4. The highest BCUT2D eigenvalue weighted by atomic mass is 32.2. The van der Waals surface area contributed by atoms with Crippen LogP contribution in [0.4, 0.5) is 0 Å². The van der Waals surface area contributed by atoms with E-state index in [2.05, 4.69) is 14.9 Å². The first-order chi connectivity index (χ1) is 14.9. The number of aromatic nitrogens is 1. The maximum Gasteiger partial charge on any atom is 0.417 e. The lowest BCUT2D eigenvalue weighted by molar-refractivity contribution is 0.0734. The van der Waals surface area contributed by atoms with Crippen LogP contribution in [0.1, 0.15) is 15.9 Å². The van der Waals surface area contributed by atoms with Crippen LogP contribution >= 0.6 is 0 Å². The number of hydrazone groups is 1. The summed E-state index contributed by atoms with van der Waals surface area (Å²) in [6.45, 7) is 0. The number of hydrogen-bond donors (Lipinski definition) is 2. The van der Waals surface area contributed by atoms with Gasteiger partial charge in [-0.1, -0.05) is 18.2 Å². The fraction of sp³-hybridized carbons (Fsp3) is 0. The number of carbonyl (C=O) groups is 1. The lowest BCUT2D eigenvalue weighted by Crippen LogP contribution is -2.18. The minimum Gasteiger partial charge on any atom is -0.423 e. The van der Waals surface area contributed by atoms with Crippen molar-refractivity contribution >= 4 is 33.3 Å². The SMILES string of the molecule is O=C(Oc1ccc(/C=N/NS(=O)(=O)c2ccc3[nH]c(=O)oc3c2)cc1)c1ccccc1. The molecule has 0 radical (unpaired) electrons. The van der Waals surface area contributed by atoms with E-state index < -0.39 is 21.7 Å². The number of nitrogens with one attached hydrogen (secondary N) is 2. The third-order valence-electron chi connectivity index (χ3n) is 4.19. The van der Waals surface area contributed by atoms with Crippen LogP contribution in [0.5, 0.6) is 5.75 Å². The topological polar surface area (TPSA) is 131 Å². The molecular weight excluding hydrogens is 422 g/mol. The molecule has 0 saturated heterocycles. The predicted octanol–water partition coefficient (Wildman–Crippen LogP) is 2.65. The molecule has 156 valence electrons. The Balaban J connectivity index is 1.41. The Morgan fingerprint density at radius 3 is 2.52 bits per heavy atom. The lowest BCUT2D eigenvalue weighted by atomic mass is 10.2. The number of H-pyrrole nitrogens is 1. The molecule has 0 fully saturated rings. The van der Waals surface area contributed by atoms with E-state index in [4.69, 9.17) is 9.15 Å². The molecule has 4 rings (SSSR count). The summed E-state index contributed by atoms with van der Waals surface area (Å²) in [5.74, 6) is -0.814. The molecule has 2 N–H and O–H groups in total. The van der Waals surface area contributed by atoms with Crippen LogP contribution in [0.25, 0.3) is 11.1 Å². The summed E-state index contributed by atoms with van der Waals surface area (Å²) in [5.41, 5.74) is 1.52. The minimum absolute atomic E-state index is 0.108. The van der Waals surface area contributed by atoms with Crippen molar-refractivity contribution < 1.29 is 22.4 Å². The zero-order valence-corrected chi connectivity index (χ0v) is 16.6. The molecule has 4 aromatic rings. The summed E-state index contributed by atoms with van der Waals surface area (Å²) < 4.78 is 34.9. The van der Waals surface area contributed by atoms with Gasteiger partial charge in [0, 0.05) is 6.07 Å². The summed E-state index contributed by atoms with van der Waals surface area (Å²) >= 11 is 0. The Kier molecular flexibility index (Phi) is 5.37. The van der Waals surface area contributed by atoms with Crippen LogP contribution in [-0.4, -0.2) is 25.6 Å². The summed E-state index contributed by atoms with van der Waals surface area (Å²) in [4.78, 5) is 27.7. The van der Waals surface area contributed by atoms with E-state index in [1.54, 1.807) is 54.6 Å². The van der Waals surface area contributed by atoms with Gasteiger partial charge in [0.2, 0.25) is 0 Å². The van der Waals surface area contributed by atoms with Crippen LogP contribution in [-0.2, 0) is 10.0 Å². The second-order valence-corrected chi connectivity index (χ2v) is 8.01. The van der Waals surface area contributed by atoms with Crippen molar-refractivity contribution in [3.8, 4) is 5.75 Å².